The van der Waals surface area contributed by atoms with Gasteiger partial charge in [-0.1, -0.05) is 0 Å². The molecule has 1 heterocycles. The fourth-order valence-corrected chi connectivity index (χ4v) is 3.46. The van der Waals surface area contributed by atoms with Crippen LogP contribution in [0.4, 0.5) is 13.2 Å². The van der Waals surface area contributed by atoms with Gasteiger partial charge in [-0.2, -0.15) is 18.4 Å². The number of hydrogen-bond acceptors (Lipinski definition) is 4. The first-order valence-electron chi connectivity index (χ1n) is 7.15. The molecule has 0 unspecified atom stereocenters. The van der Waals surface area contributed by atoms with E-state index in [2.05, 4.69) is 16.5 Å². The Labute approximate surface area is 131 Å². The van der Waals surface area contributed by atoms with Crippen molar-refractivity contribution in [2.24, 2.45) is 10.8 Å². The van der Waals surface area contributed by atoms with Crippen LogP contribution in [0.15, 0.2) is 18.3 Å². The standard InChI is InChI=1S/C15H15F3N4O/c1-22(12(23)14-6-13(7-14,8-14)9-19)21-5-11-3-2-10(4-20-11)15(16,17)18/h2-4,21H,5-8H2,1H3. The summed E-state index contributed by atoms with van der Waals surface area (Å²) in [5.41, 5.74) is 1.72. The number of nitrogens with one attached hydrogen (secondary N) is 1. The van der Waals surface area contributed by atoms with Gasteiger partial charge in [0.15, 0.2) is 0 Å². The Bertz CT molecular complexity index is 658. The molecule has 122 valence electrons. The molecule has 0 radical (unpaired) electrons. The fourth-order valence-electron chi connectivity index (χ4n) is 3.46. The average molecular weight is 324 g/mol. The quantitative estimate of drug-likeness (QED) is 0.863. The third-order valence-corrected chi connectivity index (χ3v) is 4.68. The first kappa shape index (κ1) is 15.7. The van der Waals surface area contributed by atoms with E-state index in [1.807, 2.05) is 0 Å². The molecule has 3 aliphatic rings. The monoisotopic (exact) mass is 324 g/mol. The number of rotatable bonds is 4. The lowest BCUT2D eigenvalue weighted by atomic mass is 9.35. The molecule has 2 bridgehead atoms. The first-order chi connectivity index (χ1) is 10.7. The average Bonchev–Trinajstić information content (AvgIpc) is 2.41. The van der Waals surface area contributed by atoms with E-state index in [1.165, 1.54) is 11.1 Å². The number of amides is 1. The third-order valence-electron chi connectivity index (χ3n) is 4.68. The van der Waals surface area contributed by atoms with Gasteiger partial charge in [-0.05, 0) is 31.4 Å². The van der Waals surface area contributed by atoms with Gasteiger partial charge in [-0.3, -0.25) is 14.8 Å². The normalized spacial score (nSPS) is 28.3. The van der Waals surface area contributed by atoms with Gasteiger partial charge in [0.2, 0.25) is 5.91 Å². The molecule has 4 rings (SSSR count). The van der Waals surface area contributed by atoms with Gasteiger partial charge in [0.25, 0.3) is 0 Å². The van der Waals surface area contributed by atoms with Crippen molar-refractivity contribution in [3.05, 3.63) is 29.6 Å². The van der Waals surface area contributed by atoms with E-state index in [4.69, 9.17) is 5.26 Å². The summed E-state index contributed by atoms with van der Waals surface area (Å²) in [5, 5.41) is 10.3. The lowest BCUT2D eigenvalue weighted by molar-refractivity contribution is -0.197. The highest BCUT2D eigenvalue weighted by Crippen LogP contribution is 2.73. The van der Waals surface area contributed by atoms with Gasteiger partial charge in [0.05, 0.1) is 34.7 Å². The van der Waals surface area contributed by atoms with Gasteiger partial charge in [-0.25, -0.2) is 5.43 Å². The highest BCUT2D eigenvalue weighted by Gasteiger charge is 2.72. The van der Waals surface area contributed by atoms with Crippen molar-refractivity contribution in [2.75, 3.05) is 7.05 Å². The van der Waals surface area contributed by atoms with Crippen molar-refractivity contribution in [3.63, 3.8) is 0 Å². The summed E-state index contributed by atoms with van der Waals surface area (Å²) in [7, 11) is 1.58. The van der Waals surface area contributed by atoms with E-state index in [9.17, 15) is 18.0 Å². The number of nitrogens with zero attached hydrogens (tertiary/aromatic N) is 3. The van der Waals surface area contributed by atoms with Crippen LogP contribution in [0.1, 0.15) is 30.5 Å². The zero-order valence-corrected chi connectivity index (χ0v) is 12.4. The number of halogens is 3. The highest BCUT2D eigenvalue weighted by atomic mass is 19.4. The highest BCUT2D eigenvalue weighted by molar-refractivity contribution is 5.86. The van der Waals surface area contributed by atoms with Crippen molar-refractivity contribution < 1.29 is 18.0 Å². The molecule has 0 spiro atoms. The number of carbonyl (C=O) groups excluding carboxylic acids is 1. The predicted molar refractivity (Wildman–Crippen MR) is 73.2 cm³/mol. The Kier molecular flexibility index (Phi) is 3.37. The maximum Gasteiger partial charge on any atom is 0.417 e. The molecule has 0 atom stereocenters. The summed E-state index contributed by atoms with van der Waals surface area (Å²) in [6.45, 7) is 0.153. The molecule has 0 aromatic carbocycles. The van der Waals surface area contributed by atoms with Crippen LogP contribution < -0.4 is 5.43 Å². The number of aromatic nitrogens is 1. The second kappa shape index (κ2) is 4.93. The number of hydrogen-bond donors (Lipinski definition) is 1. The maximum atomic E-state index is 12.4. The van der Waals surface area contributed by atoms with Crippen molar-refractivity contribution in [2.45, 2.75) is 32.0 Å². The molecule has 1 aromatic rings. The Morgan fingerprint density at radius 2 is 2.09 bits per heavy atom. The van der Waals surface area contributed by atoms with Gasteiger partial charge >= 0.3 is 6.18 Å². The molecular weight excluding hydrogens is 309 g/mol. The van der Waals surface area contributed by atoms with Crippen LogP contribution in [-0.2, 0) is 17.5 Å². The number of hydrazine groups is 1. The van der Waals surface area contributed by atoms with Crippen LogP contribution in [0.25, 0.3) is 0 Å². The zero-order chi connectivity index (χ0) is 16.9. The van der Waals surface area contributed by atoms with E-state index in [0.717, 1.165) is 12.3 Å². The zero-order valence-electron chi connectivity index (χ0n) is 12.4. The molecule has 0 aliphatic heterocycles. The second-order valence-corrected chi connectivity index (χ2v) is 6.44. The van der Waals surface area contributed by atoms with Crippen molar-refractivity contribution in [3.8, 4) is 6.07 Å². The molecule has 1 amide bonds. The Balaban J connectivity index is 1.53. The number of nitriles is 1. The van der Waals surface area contributed by atoms with E-state index < -0.39 is 17.2 Å². The fraction of sp³-hybridized carbons (Fsp3) is 0.533. The van der Waals surface area contributed by atoms with Gasteiger partial charge in [-0.15, -0.1) is 0 Å². The van der Waals surface area contributed by atoms with Crippen LogP contribution in [-0.4, -0.2) is 22.9 Å². The van der Waals surface area contributed by atoms with E-state index >= 15 is 0 Å². The van der Waals surface area contributed by atoms with Crippen LogP contribution in [0.5, 0.6) is 0 Å². The Morgan fingerprint density at radius 3 is 2.57 bits per heavy atom. The number of carbonyl (C=O) groups is 1. The van der Waals surface area contributed by atoms with E-state index in [-0.39, 0.29) is 17.9 Å². The molecule has 23 heavy (non-hydrogen) atoms. The summed E-state index contributed by atoms with van der Waals surface area (Å²) >= 11 is 0. The lowest BCUT2D eigenvalue weighted by Crippen LogP contribution is -2.68. The van der Waals surface area contributed by atoms with Crippen LogP contribution in [0.2, 0.25) is 0 Å². The third kappa shape index (κ3) is 2.55. The first-order valence-corrected chi connectivity index (χ1v) is 7.15. The predicted octanol–water partition coefficient (Wildman–Crippen LogP) is 2.26. The molecule has 1 aromatic heterocycles. The molecule has 1 N–H and O–H groups in total. The Hall–Kier alpha value is -2.14. The molecule has 3 saturated carbocycles. The second-order valence-electron chi connectivity index (χ2n) is 6.44. The van der Waals surface area contributed by atoms with Crippen molar-refractivity contribution in [1.82, 2.24) is 15.4 Å². The minimum Gasteiger partial charge on any atom is -0.280 e. The lowest BCUT2D eigenvalue weighted by Gasteiger charge is -2.66. The van der Waals surface area contributed by atoms with Crippen molar-refractivity contribution in [1.29, 1.82) is 5.26 Å². The summed E-state index contributed by atoms with van der Waals surface area (Å²) in [5.74, 6) is -0.0819. The van der Waals surface area contributed by atoms with E-state index in [1.54, 1.807) is 7.05 Å². The molecule has 8 heteroatoms. The Morgan fingerprint density at radius 1 is 1.43 bits per heavy atom. The number of alkyl halides is 3. The maximum absolute atomic E-state index is 12.4. The summed E-state index contributed by atoms with van der Waals surface area (Å²) in [6, 6.07) is 4.48. The molecule has 3 fully saturated rings. The van der Waals surface area contributed by atoms with Crippen molar-refractivity contribution >= 4 is 5.91 Å². The van der Waals surface area contributed by atoms with Crippen LogP contribution in [0, 0.1) is 22.2 Å². The molecule has 3 aliphatic carbocycles. The molecule has 0 saturated heterocycles. The minimum atomic E-state index is -4.41. The molecular formula is C15H15F3N4O. The van der Waals surface area contributed by atoms with Gasteiger partial charge in [0, 0.05) is 13.2 Å². The van der Waals surface area contributed by atoms with E-state index in [0.29, 0.717) is 25.0 Å². The minimum absolute atomic E-state index is 0.0819. The SMILES string of the molecule is CN(NCc1ccc(C(F)(F)F)cn1)C(=O)C12CC(C#N)(C1)C2. The van der Waals surface area contributed by atoms with Gasteiger partial charge in [0.1, 0.15) is 0 Å². The largest absolute Gasteiger partial charge is 0.417 e. The topological polar surface area (TPSA) is 69.0 Å². The number of pyridine rings is 1. The van der Waals surface area contributed by atoms with Gasteiger partial charge < -0.3 is 0 Å². The summed E-state index contributed by atoms with van der Waals surface area (Å²) in [4.78, 5) is 16.1. The smallest absolute Gasteiger partial charge is 0.280 e. The van der Waals surface area contributed by atoms with Crippen LogP contribution >= 0.6 is 0 Å². The van der Waals surface area contributed by atoms with Crippen LogP contribution in [0.3, 0.4) is 0 Å². The summed E-state index contributed by atoms with van der Waals surface area (Å²) in [6.07, 6.45) is -1.84. The molecule has 5 nitrogen and oxygen atoms in total. The summed E-state index contributed by atoms with van der Waals surface area (Å²) < 4.78 is 37.3.